The third kappa shape index (κ3) is 4.83. The fourth-order valence-corrected chi connectivity index (χ4v) is 2.42. The highest BCUT2D eigenvalue weighted by molar-refractivity contribution is 6.42. The zero-order chi connectivity index (χ0) is 19.4. The highest BCUT2D eigenvalue weighted by atomic mass is 35.5. The highest BCUT2D eigenvalue weighted by Gasteiger charge is 2.21. The minimum atomic E-state index is -1.29. The Morgan fingerprint density at radius 2 is 1.88 bits per heavy atom. The van der Waals surface area contributed by atoms with Crippen molar-refractivity contribution >= 4 is 35.1 Å². The summed E-state index contributed by atoms with van der Waals surface area (Å²) in [6.45, 7) is 0.950. The van der Waals surface area contributed by atoms with Gasteiger partial charge in [0.2, 0.25) is 0 Å². The predicted octanol–water partition coefficient (Wildman–Crippen LogP) is 4.01. The minimum absolute atomic E-state index is 0.318. The molecule has 0 aromatic heterocycles. The van der Waals surface area contributed by atoms with E-state index in [1.807, 2.05) is 0 Å². The highest BCUT2D eigenvalue weighted by Crippen LogP contribution is 2.26. The smallest absolute Gasteiger partial charge is 0.345 e. The van der Waals surface area contributed by atoms with Gasteiger partial charge in [0.1, 0.15) is 22.9 Å². The fourth-order valence-electron chi connectivity index (χ4n) is 2.11. The van der Waals surface area contributed by atoms with E-state index in [2.05, 4.69) is 10.1 Å². The number of phenols is 1. The van der Waals surface area contributed by atoms with Gasteiger partial charge in [0.15, 0.2) is 6.61 Å². The van der Waals surface area contributed by atoms with E-state index >= 15 is 0 Å². The summed E-state index contributed by atoms with van der Waals surface area (Å²) >= 11 is 11.7. The first-order valence-electron chi connectivity index (χ1n) is 7.28. The summed E-state index contributed by atoms with van der Waals surface area (Å²) in [6, 6.07) is 5.33. The number of phenolic OH excluding ortho intramolecular Hbond substituents is 1. The lowest BCUT2D eigenvalue weighted by Gasteiger charge is -2.15. The molecule has 0 radical (unpaired) electrons. The first kappa shape index (κ1) is 19.9. The van der Waals surface area contributed by atoms with Crippen LogP contribution in [-0.2, 0) is 9.53 Å². The number of hydrogen-bond acceptors (Lipinski definition) is 4. The number of carbonyl (C=O) groups is 2. The lowest BCUT2D eigenvalue weighted by atomic mass is 10.1. The molecule has 2 N–H and O–H groups in total. The first-order chi connectivity index (χ1) is 12.2. The second-order valence-corrected chi connectivity index (χ2v) is 6.14. The van der Waals surface area contributed by atoms with E-state index in [-0.39, 0.29) is 0 Å². The van der Waals surface area contributed by atoms with Crippen LogP contribution in [0.2, 0.25) is 10.0 Å². The molecule has 2 aromatic carbocycles. The van der Waals surface area contributed by atoms with E-state index in [1.54, 1.807) is 25.1 Å². The fraction of sp³-hybridized carbons (Fsp3) is 0.176. The number of benzene rings is 2. The molecule has 0 bridgehead atoms. The SMILES string of the molecule is C[C@H](NC(=O)COC(=O)c1c(O)cc(F)cc1F)c1ccc(Cl)c(Cl)c1. The molecule has 0 aliphatic heterocycles. The van der Waals surface area contributed by atoms with Crippen molar-refractivity contribution in [2.24, 2.45) is 0 Å². The van der Waals surface area contributed by atoms with Crippen LogP contribution >= 0.6 is 23.2 Å². The third-order valence-electron chi connectivity index (χ3n) is 3.39. The number of hydrogen-bond donors (Lipinski definition) is 2. The Hall–Kier alpha value is -2.38. The van der Waals surface area contributed by atoms with Gasteiger partial charge in [-0.25, -0.2) is 13.6 Å². The van der Waals surface area contributed by atoms with Crippen molar-refractivity contribution < 1.29 is 28.2 Å². The summed E-state index contributed by atoms with van der Waals surface area (Å²) in [4.78, 5) is 23.7. The first-order valence-corrected chi connectivity index (χ1v) is 8.04. The van der Waals surface area contributed by atoms with Crippen LogP contribution in [-0.4, -0.2) is 23.6 Å². The van der Waals surface area contributed by atoms with Crippen molar-refractivity contribution in [2.45, 2.75) is 13.0 Å². The van der Waals surface area contributed by atoms with Crippen LogP contribution < -0.4 is 5.32 Å². The maximum Gasteiger partial charge on any atom is 0.345 e. The Morgan fingerprint density at radius 1 is 1.19 bits per heavy atom. The van der Waals surface area contributed by atoms with Gasteiger partial charge in [-0.2, -0.15) is 0 Å². The molecule has 0 heterocycles. The topological polar surface area (TPSA) is 75.6 Å². The van der Waals surface area contributed by atoms with Gasteiger partial charge in [-0.3, -0.25) is 4.79 Å². The summed E-state index contributed by atoms with van der Waals surface area (Å²) < 4.78 is 31.1. The van der Waals surface area contributed by atoms with Gasteiger partial charge in [0.25, 0.3) is 5.91 Å². The number of rotatable bonds is 5. The summed E-state index contributed by atoms with van der Waals surface area (Å²) in [5, 5.41) is 12.7. The minimum Gasteiger partial charge on any atom is -0.507 e. The number of amides is 1. The number of halogens is 4. The van der Waals surface area contributed by atoms with Crippen LogP contribution in [0.25, 0.3) is 0 Å². The Balaban J connectivity index is 1.96. The lowest BCUT2D eigenvalue weighted by Crippen LogP contribution is -2.31. The van der Waals surface area contributed by atoms with Crippen molar-refractivity contribution in [3.8, 4) is 5.75 Å². The molecule has 0 aliphatic rings. The Labute approximate surface area is 157 Å². The lowest BCUT2D eigenvalue weighted by molar-refractivity contribution is -0.124. The normalized spacial score (nSPS) is 11.7. The molecule has 1 amide bonds. The van der Waals surface area contributed by atoms with E-state index < -0.39 is 47.5 Å². The van der Waals surface area contributed by atoms with Crippen molar-refractivity contribution in [3.63, 3.8) is 0 Å². The molecule has 0 saturated heterocycles. The largest absolute Gasteiger partial charge is 0.507 e. The average Bonchev–Trinajstić information content (AvgIpc) is 2.54. The van der Waals surface area contributed by atoms with Gasteiger partial charge in [-0.05, 0) is 24.6 Å². The van der Waals surface area contributed by atoms with Gasteiger partial charge in [-0.15, -0.1) is 0 Å². The van der Waals surface area contributed by atoms with E-state index in [4.69, 9.17) is 23.2 Å². The monoisotopic (exact) mass is 403 g/mol. The Morgan fingerprint density at radius 3 is 2.50 bits per heavy atom. The second kappa shape index (κ2) is 8.33. The number of ether oxygens (including phenoxy) is 1. The molecule has 1 atom stereocenters. The van der Waals surface area contributed by atoms with Crippen molar-refractivity contribution in [2.75, 3.05) is 6.61 Å². The average molecular weight is 404 g/mol. The zero-order valence-electron chi connectivity index (χ0n) is 13.4. The molecule has 2 rings (SSSR count). The van der Waals surface area contributed by atoms with Gasteiger partial charge < -0.3 is 15.2 Å². The maximum atomic E-state index is 13.6. The molecule has 138 valence electrons. The van der Waals surface area contributed by atoms with Crippen LogP contribution in [0.1, 0.15) is 28.9 Å². The number of esters is 1. The summed E-state index contributed by atoms with van der Waals surface area (Å²) in [5.41, 5.74) is -0.182. The Bertz CT molecular complexity index is 838. The molecule has 2 aromatic rings. The van der Waals surface area contributed by atoms with Crippen LogP contribution in [0, 0.1) is 11.6 Å². The second-order valence-electron chi connectivity index (χ2n) is 5.32. The van der Waals surface area contributed by atoms with Crippen LogP contribution in [0.5, 0.6) is 5.75 Å². The predicted molar refractivity (Wildman–Crippen MR) is 91.3 cm³/mol. The summed E-state index contributed by atoms with van der Waals surface area (Å²) in [7, 11) is 0. The van der Waals surface area contributed by atoms with Crippen LogP contribution in [0.4, 0.5) is 8.78 Å². The van der Waals surface area contributed by atoms with Crippen molar-refractivity contribution in [3.05, 3.63) is 63.1 Å². The number of carbonyl (C=O) groups excluding carboxylic acids is 2. The molecule has 0 unspecified atom stereocenters. The van der Waals surface area contributed by atoms with Crippen LogP contribution in [0.15, 0.2) is 30.3 Å². The number of aromatic hydroxyl groups is 1. The molecule has 0 spiro atoms. The third-order valence-corrected chi connectivity index (χ3v) is 4.13. The maximum absolute atomic E-state index is 13.6. The molecular formula is C17H13Cl2F2NO4. The van der Waals surface area contributed by atoms with Gasteiger partial charge in [0.05, 0.1) is 16.1 Å². The molecule has 0 saturated carbocycles. The Kier molecular flexibility index (Phi) is 6.39. The van der Waals surface area contributed by atoms with Crippen molar-refractivity contribution in [1.82, 2.24) is 5.32 Å². The van der Waals surface area contributed by atoms with Crippen LogP contribution in [0.3, 0.4) is 0 Å². The van der Waals surface area contributed by atoms with Gasteiger partial charge >= 0.3 is 5.97 Å². The van der Waals surface area contributed by atoms with Gasteiger partial charge in [0, 0.05) is 12.1 Å². The molecular weight excluding hydrogens is 391 g/mol. The molecule has 26 heavy (non-hydrogen) atoms. The summed E-state index contributed by atoms with van der Waals surface area (Å²) in [6.07, 6.45) is 0. The van der Waals surface area contributed by atoms with E-state index in [9.17, 15) is 23.5 Å². The standard InChI is InChI=1S/C17H13Cl2F2NO4/c1-8(9-2-3-11(18)12(19)4-9)22-15(24)7-26-17(25)16-13(21)5-10(20)6-14(16)23/h2-6,8,23H,7H2,1H3,(H,22,24)/t8-/m0/s1. The molecule has 9 heteroatoms. The molecule has 0 fully saturated rings. The van der Waals surface area contributed by atoms with Gasteiger partial charge in [-0.1, -0.05) is 29.3 Å². The number of nitrogens with one attached hydrogen (secondary N) is 1. The zero-order valence-corrected chi connectivity index (χ0v) is 14.9. The molecule has 0 aliphatic carbocycles. The quantitative estimate of drug-likeness (QED) is 0.739. The van der Waals surface area contributed by atoms with E-state index in [0.29, 0.717) is 27.7 Å². The summed E-state index contributed by atoms with van der Waals surface area (Å²) in [5.74, 6) is -5.23. The molecule has 5 nitrogen and oxygen atoms in total. The van der Waals surface area contributed by atoms with E-state index in [1.165, 1.54) is 0 Å². The van der Waals surface area contributed by atoms with E-state index in [0.717, 1.165) is 0 Å². The van der Waals surface area contributed by atoms with Crippen molar-refractivity contribution in [1.29, 1.82) is 0 Å².